The van der Waals surface area contributed by atoms with Gasteiger partial charge in [-0.05, 0) is 60.2 Å². The lowest BCUT2D eigenvalue weighted by Crippen LogP contribution is -2.19. The van der Waals surface area contributed by atoms with Gasteiger partial charge in [0, 0.05) is 16.0 Å². The van der Waals surface area contributed by atoms with E-state index >= 15 is 0 Å². The van der Waals surface area contributed by atoms with Crippen LogP contribution >= 0.6 is 22.9 Å². The molecule has 0 bridgehead atoms. The molecule has 2 aromatic heterocycles. The first-order valence-corrected chi connectivity index (χ1v) is 14.8. The number of hydrogen-bond donors (Lipinski definition) is 2. The van der Waals surface area contributed by atoms with E-state index in [0.29, 0.717) is 39.3 Å². The van der Waals surface area contributed by atoms with Crippen LogP contribution in [0.5, 0.6) is 0 Å². The Bertz CT molecular complexity index is 1880. The van der Waals surface area contributed by atoms with Crippen molar-refractivity contribution < 1.29 is 32.6 Å². The maximum absolute atomic E-state index is 13.4. The van der Waals surface area contributed by atoms with Crippen LogP contribution in [0.2, 0.25) is 5.02 Å². The first-order valence-electron chi connectivity index (χ1n) is 13.6. The molecule has 1 aliphatic rings. The van der Waals surface area contributed by atoms with E-state index in [1.165, 1.54) is 6.07 Å². The Hall–Kier alpha value is -4.41. The molecule has 1 fully saturated rings. The van der Waals surface area contributed by atoms with Crippen LogP contribution in [0.3, 0.4) is 0 Å². The maximum atomic E-state index is 13.4. The number of carbonyl (C=O) groups excluding carboxylic acids is 1. The van der Waals surface area contributed by atoms with Gasteiger partial charge in [-0.3, -0.25) is 10.1 Å². The Morgan fingerprint density at radius 1 is 0.955 bits per heavy atom. The Morgan fingerprint density at radius 2 is 1.57 bits per heavy atom. The average Bonchev–Trinajstić information content (AvgIpc) is 3.74. The van der Waals surface area contributed by atoms with Crippen molar-refractivity contribution in [3.8, 4) is 21.6 Å². The normalized spacial score (nSPS) is 14.7. The van der Waals surface area contributed by atoms with Gasteiger partial charge in [-0.15, -0.1) is 11.3 Å². The molecule has 2 heterocycles. The summed E-state index contributed by atoms with van der Waals surface area (Å²) in [4.78, 5) is 29.2. The summed E-state index contributed by atoms with van der Waals surface area (Å²) in [6.07, 6.45) is -4.88. The summed E-state index contributed by atoms with van der Waals surface area (Å²) in [6, 6.07) is 23.8. The van der Waals surface area contributed by atoms with E-state index in [2.05, 4.69) is 10.3 Å². The standard InChI is InChI=1S/C33H24ClF3N2O4S/c1-18(23-4-2-3-5-25(23)34)43-31(42)39-27-24-14-15-26(33(35,36)37)38-29(24)44-28(27)21-8-6-19(7-9-21)20-10-12-22(13-11-20)32(16-17-32)30(40)41/h2-15,18H,16-17H2,1H3,(H,39,42)(H,40,41)/t18-/m1/s1. The molecule has 0 spiro atoms. The number of thiophene rings is 1. The number of rotatable bonds is 7. The number of pyridine rings is 1. The van der Waals surface area contributed by atoms with E-state index in [9.17, 15) is 27.9 Å². The number of anilines is 1. The minimum absolute atomic E-state index is 0.108. The number of alkyl halides is 3. The second kappa shape index (κ2) is 11.3. The predicted octanol–water partition coefficient (Wildman–Crippen LogP) is 9.73. The second-order valence-electron chi connectivity index (χ2n) is 10.6. The van der Waals surface area contributed by atoms with Crippen molar-refractivity contribution in [3.05, 3.63) is 107 Å². The smallest absolute Gasteiger partial charge is 0.433 e. The molecule has 1 amide bonds. The molecule has 1 atom stereocenters. The Balaban J connectivity index is 1.31. The fourth-order valence-corrected chi connectivity index (χ4v) is 6.59. The number of aromatic nitrogens is 1. The highest BCUT2D eigenvalue weighted by atomic mass is 35.5. The molecule has 2 N–H and O–H groups in total. The number of nitrogens with one attached hydrogen (secondary N) is 1. The summed E-state index contributed by atoms with van der Waals surface area (Å²) in [5, 5.41) is 13.1. The van der Waals surface area contributed by atoms with Crippen molar-refractivity contribution in [1.82, 2.24) is 4.98 Å². The highest BCUT2D eigenvalue weighted by Crippen LogP contribution is 2.49. The second-order valence-corrected chi connectivity index (χ2v) is 12.0. The van der Waals surface area contributed by atoms with Gasteiger partial charge in [0.05, 0.1) is 16.0 Å². The fourth-order valence-electron chi connectivity index (χ4n) is 5.17. The van der Waals surface area contributed by atoms with Crippen molar-refractivity contribution in [2.75, 3.05) is 5.32 Å². The molecule has 6 rings (SSSR count). The van der Waals surface area contributed by atoms with Gasteiger partial charge in [0.2, 0.25) is 0 Å². The van der Waals surface area contributed by atoms with Gasteiger partial charge in [0.15, 0.2) is 0 Å². The number of carboxylic acid groups (broad SMARTS) is 1. The number of ether oxygens (including phenoxy) is 1. The fraction of sp³-hybridized carbons (Fsp3) is 0.182. The molecule has 0 radical (unpaired) electrons. The van der Waals surface area contributed by atoms with Crippen molar-refractivity contribution >= 4 is 50.9 Å². The van der Waals surface area contributed by atoms with Crippen molar-refractivity contribution in [3.63, 3.8) is 0 Å². The van der Waals surface area contributed by atoms with Gasteiger partial charge in [0.25, 0.3) is 0 Å². The third-order valence-electron chi connectivity index (χ3n) is 7.78. The minimum atomic E-state index is -4.63. The van der Waals surface area contributed by atoms with E-state index < -0.39 is 35.5 Å². The lowest BCUT2D eigenvalue weighted by Gasteiger charge is -2.16. The summed E-state index contributed by atoms with van der Waals surface area (Å²) in [5.41, 5.74) is 2.23. The maximum Gasteiger partial charge on any atom is 0.433 e. The van der Waals surface area contributed by atoms with Crippen molar-refractivity contribution in [2.24, 2.45) is 0 Å². The molecule has 11 heteroatoms. The van der Waals surface area contributed by atoms with E-state index in [1.54, 1.807) is 43.3 Å². The number of nitrogens with zero attached hydrogens (tertiary/aromatic N) is 1. The number of fused-ring (bicyclic) bond motifs is 1. The molecule has 1 saturated carbocycles. The summed E-state index contributed by atoms with van der Waals surface area (Å²) in [6.45, 7) is 1.67. The summed E-state index contributed by atoms with van der Waals surface area (Å²) < 4.78 is 45.9. The predicted molar refractivity (Wildman–Crippen MR) is 164 cm³/mol. The largest absolute Gasteiger partial charge is 0.481 e. The molecular formula is C33H24ClF3N2O4S. The number of halogens is 4. The molecule has 0 saturated heterocycles. The number of hydrogen-bond acceptors (Lipinski definition) is 5. The minimum Gasteiger partial charge on any atom is -0.481 e. The molecule has 0 aliphatic heterocycles. The molecule has 3 aromatic carbocycles. The van der Waals surface area contributed by atoms with Gasteiger partial charge >= 0.3 is 18.2 Å². The van der Waals surface area contributed by atoms with E-state index in [0.717, 1.165) is 34.1 Å². The van der Waals surface area contributed by atoms with Crippen LogP contribution in [0, 0.1) is 0 Å². The van der Waals surface area contributed by atoms with E-state index in [1.807, 2.05) is 36.4 Å². The third-order valence-corrected chi connectivity index (χ3v) is 9.27. The zero-order chi connectivity index (χ0) is 31.2. The molecule has 6 nitrogen and oxygen atoms in total. The van der Waals surface area contributed by atoms with Crippen LogP contribution in [0.4, 0.5) is 23.7 Å². The molecular weight excluding hydrogens is 613 g/mol. The Morgan fingerprint density at radius 3 is 2.16 bits per heavy atom. The number of carboxylic acids is 1. The van der Waals surface area contributed by atoms with E-state index in [4.69, 9.17) is 16.3 Å². The van der Waals surface area contributed by atoms with Crippen LogP contribution < -0.4 is 5.32 Å². The Kier molecular flexibility index (Phi) is 7.59. The highest BCUT2D eigenvalue weighted by molar-refractivity contribution is 7.22. The SMILES string of the molecule is C[C@@H](OC(=O)Nc1c(-c2ccc(-c3ccc(C4(C(=O)O)CC4)cc3)cc2)sc2nc(C(F)(F)F)ccc12)c1ccccc1Cl. The number of benzene rings is 3. The topological polar surface area (TPSA) is 88.5 Å². The molecule has 5 aromatic rings. The van der Waals surface area contributed by atoms with Crippen molar-refractivity contribution in [2.45, 2.75) is 37.5 Å². The quantitative estimate of drug-likeness (QED) is 0.186. The summed E-state index contributed by atoms with van der Waals surface area (Å²) in [7, 11) is 0. The molecule has 44 heavy (non-hydrogen) atoms. The lowest BCUT2D eigenvalue weighted by atomic mass is 9.93. The van der Waals surface area contributed by atoms with Gasteiger partial charge in [-0.25, -0.2) is 9.78 Å². The van der Waals surface area contributed by atoms with Crippen molar-refractivity contribution in [1.29, 1.82) is 0 Å². The first-order chi connectivity index (χ1) is 21.0. The first kappa shape index (κ1) is 29.7. The lowest BCUT2D eigenvalue weighted by molar-refractivity contribution is -0.141. The summed E-state index contributed by atoms with van der Waals surface area (Å²) in [5.74, 6) is -0.818. The van der Waals surface area contributed by atoms with Crippen LogP contribution in [0.25, 0.3) is 31.8 Å². The molecule has 1 aliphatic carbocycles. The molecule has 224 valence electrons. The monoisotopic (exact) mass is 636 g/mol. The zero-order valence-corrected chi connectivity index (χ0v) is 24.7. The van der Waals surface area contributed by atoms with Crippen LogP contribution in [-0.4, -0.2) is 22.2 Å². The van der Waals surface area contributed by atoms with Crippen LogP contribution in [0.15, 0.2) is 84.9 Å². The van der Waals surface area contributed by atoms with Gasteiger partial charge in [0.1, 0.15) is 16.6 Å². The number of amides is 1. The van der Waals surface area contributed by atoms with Gasteiger partial charge in [-0.2, -0.15) is 13.2 Å². The average molecular weight is 637 g/mol. The number of carbonyl (C=O) groups is 2. The van der Waals surface area contributed by atoms with Crippen LogP contribution in [-0.2, 0) is 21.1 Å². The highest BCUT2D eigenvalue weighted by Gasteiger charge is 2.51. The van der Waals surface area contributed by atoms with Gasteiger partial charge in [-0.1, -0.05) is 78.3 Å². The zero-order valence-electron chi connectivity index (χ0n) is 23.1. The Labute approximate surface area is 259 Å². The summed E-state index contributed by atoms with van der Waals surface area (Å²) >= 11 is 7.27. The van der Waals surface area contributed by atoms with E-state index in [-0.39, 0.29) is 10.5 Å². The molecule has 0 unspecified atom stereocenters. The van der Waals surface area contributed by atoms with Crippen LogP contribution in [0.1, 0.15) is 42.7 Å². The van der Waals surface area contributed by atoms with Gasteiger partial charge < -0.3 is 9.84 Å². The number of aliphatic carboxylic acids is 1. The third kappa shape index (κ3) is 5.62.